The van der Waals surface area contributed by atoms with Crippen LogP contribution in [0.5, 0.6) is 5.75 Å². The first kappa shape index (κ1) is 18.7. The van der Waals surface area contributed by atoms with Gasteiger partial charge >= 0.3 is 6.09 Å². The highest BCUT2D eigenvalue weighted by Crippen LogP contribution is 2.38. The molecule has 7 nitrogen and oxygen atoms in total. The van der Waals surface area contributed by atoms with Crippen molar-refractivity contribution in [1.29, 1.82) is 0 Å². The molecule has 0 spiro atoms. The average Bonchev–Trinajstić information content (AvgIpc) is 2.89. The lowest BCUT2D eigenvalue weighted by molar-refractivity contribution is -0.163. The Morgan fingerprint density at radius 2 is 1.86 bits per heavy atom. The molecule has 3 aliphatic heterocycles. The molecule has 0 saturated carbocycles. The van der Waals surface area contributed by atoms with Gasteiger partial charge in [0.05, 0.1) is 12.0 Å². The van der Waals surface area contributed by atoms with E-state index in [-0.39, 0.29) is 17.7 Å². The third kappa shape index (κ3) is 3.09. The van der Waals surface area contributed by atoms with Crippen molar-refractivity contribution in [2.24, 2.45) is 11.8 Å². The van der Waals surface area contributed by atoms with Crippen LogP contribution in [-0.2, 0) is 9.59 Å². The summed E-state index contributed by atoms with van der Waals surface area (Å²) in [5.41, 5.74) is -0.401. The van der Waals surface area contributed by atoms with Gasteiger partial charge in [0, 0.05) is 25.6 Å². The van der Waals surface area contributed by atoms with E-state index in [1.54, 1.807) is 41.2 Å². The van der Waals surface area contributed by atoms with E-state index in [0.717, 1.165) is 0 Å². The summed E-state index contributed by atoms with van der Waals surface area (Å²) >= 11 is 0. The molecular formula is C21H25N3O4. The normalized spacial score (nSPS) is 28.7. The fourth-order valence-corrected chi connectivity index (χ4v) is 4.30. The first-order chi connectivity index (χ1) is 13.3. The van der Waals surface area contributed by atoms with Crippen molar-refractivity contribution in [3.63, 3.8) is 0 Å². The maximum absolute atomic E-state index is 13.3. The van der Waals surface area contributed by atoms with Crippen molar-refractivity contribution >= 4 is 17.9 Å². The van der Waals surface area contributed by atoms with Crippen LogP contribution in [0.15, 0.2) is 42.5 Å². The summed E-state index contributed by atoms with van der Waals surface area (Å²) in [4.78, 5) is 40.1. The van der Waals surface area contributed by atoms with E-state index in [0.29, 0.717) is 25.1 Å². The molecule has 0 unspecified atom stereocenters. The Labute approximate surface area is 164 Å². The third-order valence-electron chi connectivity index (χ3n) is 6.05. The molecule has 2 saturated heterocycles. The number of rotatable bonds is 2. The molecule has 3 atom stereocenters. The van der Waals surface area contributed by atoms with Crippen LogP contribution in [0.3, 0.4) is 0 Å². The van der Waals surface area contributed by atoms with Gasteiger partial charge in [-0.15, -0.1) is 0 Å². The van der Waals surface area contributed by atoms with E-state index < -0.39 is 23.6 Å². The van der Waals surface area contributed by atoms with Crippen molar-refractivity contribution in [2.45, 2.75) is 38.3 Å². The summed E-state index contributed by atoms with van der Waals surface area (Å²) in [6, 6.07) is 8.49. The largest absolute Gasteiger partial charge is 0.415 e. The van der Waals surface area contributed by atoms with Gasteiger partial charge in [0.2, 0.25) is 11.8 Å². The second-order valence-electron chi connectivity index (χ2n) is 8.37. The molecule has 1 aromatic rings. The number of para-hydroxylation sites is 1. The summed E-state index contributed by atoms with van der Waals surface area (Å²) in [7, 11) is 1.77. The Balaban J connectivity index is 1.53. The van der Waals surface area contributed by atoms with E-state index in [1.807, 2.05) is 26.0 Å². The predicted octanol–water partition coefficient (Wildman–Crippen LogP) is 2.45. The number of nitrogens with zero attached hydrogens (tertiary/aromatic N) is 3. The number of amides is 3. The minimum absolute atomic E-state index is 0.0818. The molecule has 3 heterocycles. The summed E-state index contributed by atoms with van der Waals surface area (Å²) in [5, 5.41) is 2.98. The lowest BCUT2D eigenvalue weighted by Gasteiger charge is -2.46. The minimum atomic E-state index is -0.468. The van der Waals surface area contributed by atoms with Crippen molar-refractivity contribution in [3.8, 4) is 5.75 Å². The maximum atomic E-state index is 13.3. The molecule has 2 bridgehead atoms. The van der Waals surface area contributed by atoms with E-state index in [2.05, 4.69) is 6.08 Å². The standard InChI is InChI=1S/C21H25N3O4/c1-21(2)12-18(25)24(22(21)3)19(26)16-11-14-9-10-17(16)23(13-14)20(27)28-15-7-5-4-6-8-15/h4-10,14,16-17H,11-13H2,1-3H3/t14-,16+,17+/m0/s1. The SMILES string of the molecule is CN1N(C(=O)[C@@H]2C[C@@H]3C=C[C@H]2N(C(=O)Oc2ccccc2)C3)C(=O)CC1(C)C. The first-order valence-electron chi connectivity index (χ1n) is 9.60. The van der Waals surface area contributed by atoms with Crippen LogP contribution in [0.25, 0.3) is 0 Å². The number of benzene rings is 1. The summed E-state index contributed by atoms with van der Waals surface area (Å²) in [5.74, 6) is -0.335. The summed E-state index contributed by atoms with van der Waals surface area (Å²) in [6.07, 6.45) is 4.42. The molecule has 1 aromatic carbocycles. The Kier molecular flexibility index (Phi) is 4.50. The number of hydrogen-bond acceptors (Lipinski definition) is 5. The molecule has 0 aromatic heterocycles. The lowest BCUT2D eigenvalue weighted by atomic mass is 9.77. The van der Waals surface area contributed by atoms with Gasteiger partial charge in [0.15, 0.2) is 0 Å². The van der Waals surface area contributed by atoms with E-state index in [1.165, 1.54) is 5.01 Å². The molecule has 28 heavy (non-hydrogen) atoms. The Hall–Kier alpha value is -2.67. The zero-order valence-electron chi connectivity index (χ0n) is 16.4. The molecule has 1 aliphatic carbocycles. The van der Waals surface area contributed by atoms with E-state index in [4.69, 9.17) is 4.74 Å². The minimum Gasteiger partial charge on any atom is -0.410 e. The van der Waals surface area contributed by atoms with Gasteiger partial charge in [0.25, 0.3) is 0 Å². The number of piperidine rings is 1. The zero-order chi connectivity index (χ0) is 20.1. The summed E-state index contributed by atoms with van der Waals surface area (Å²) < 4.78 is 5.49. The second-order valence-corrected chi connectivity index (χ2v) is 8.37. The fraction of sp³-hybridized carbons (Fsp3) is 0.476. The molecule has 148 valence electrons. The molecule has 3 amide bonds. The molecule has 5 rings (SSSR count). The van der Waals surface area contributed by atoms with Crippen molar-refractivity contribution < 1.29 is 19.1 Å². The van der Waals surface area contributed by atoms with E-state index in [9.17, 15) is 14.4 Å². The number of hydrogen-bond donors (Lipinski definition) is 0. The van der Waals surface area contributed by atoms with Crippen molar-refractivity contribution in [3.05, 3.63) is 42.5 Å². The monoisotopic (exact) mass is 383 g/mol. The number of fused-ring (bicyclic) bond motifs is 2. The highest BCUT2D eigenvalue weighted by Gasteiger charge is 2.51. The number of hydrazine groups is 1. The second kappa shape index (κ2) is 6.74. The zero-order valence-corrected chi connectivity index (χ0v) is 16.4. The van der Waals surface area contributed by atoms with Crippen LogP contribution < -0.4 is 4.74 Å². The number of ether oxygens (including phenoxy) is 1. The average molecular weight is 383 g/mol. The molecular weight excluding hydrogens is 358 g/mol. The van der Waals surface area contributed by atoms with Gasteiger partial charge in [-0.3, -0.25) is 9.59 Å². The topological polar surface area (TPSA) is 70.2 Å². The van der Waals surface area contributed by atoms with Gasteiger partial charge in [0.1, 0.15) is 5.75 Å². The van der Waals surface area contributed by atoms with Gasteiger partial charge < -0.3 is 9.64 Å². The lowest BCUT2D eigenvalue weighted by Crippen LogP contribution is -2.59. The highest BCUT2D eigenvalue weighted by atomic mass is 16.6. The predicted molar refractivity (Wildman–Crippen MR) is 102 cm³/mol. The molecule has 4 aliphatic rings. The first-order valence-corrected chi connectivity index (χ1v) is 9.60. The third-order valence-corrected chi connectivity index (χ3v) is 6.05. The van der Waals surface area contributed by atoms with Gasteiger partial charge in [-0.1, -0.05) is 30.4 Å². The quantitative estimate of drug-likeness (QED) is 0.580. The van der Waals surface area contributed by atoms with Crippen LogP contribution in [0.4, 0.5) is 4.79 Å². The highest BCUT2D eigenvalue weighted by molar-refractivity contribution is 5.98. The molecule has 0 N–H and O–H groups in total. The molecule has 0 radical (unpaired) electrons. The molecule has 2 fully saturated rings. The van der Waals surface area contributed by atoms with Crippen molar-refractivity contribution in [1.82, 2.24) is 14.9 Å². The smallest absolute Gasteiger partial charge is 0.410 e. The molecule has 7 heteroatoms. The maximum Gasteiger partial charge on any atom is 0.415 e. The van der Waals surface area contributed by atoms with Crippen LogP contribution in [0.1, 0.15) is 26.7 Å². The van der Waals surface area contributed by atoms with Gasteiger partial charge in [-0.2, -0.15) is 0 Å². The Bertz CT molecular complexity index is 835. The number of carbonyl (C=O) groups excluding carboxylic acids is 3. The van der Waals surface area contributed by atoms with Crippen molar-refractivity contribution in [2.75, 3.05) is 13.6 Å². The number of carbonyl (C=O) groups is 3. The van der Waals surface area contributed by atoms with Crippen LogP contribution in [-0.4, -0.2) is 58.0 Å². The Morgan fingerprint density at radius 1 is 1.14 bits per heavy atom. The number of imide groups is 1. The summed E-state index contributed by atoms with van der Waals surface area (Å²) in [6.45, 7) is 4.40. The van der Waals surface area contributed by atoms with Gasteiger partial charge in [-0.05, 0) is 38.3 Å². The van der Waals surface area contributed by atoms with Crippen LogP contribution in [0, 0.1) is 11.8 Å². The van der Waals surface area contributed by atoms with Gasteiger partial charge in [-0.25, -0.2) is 14.8 Å². The van der Waals surface area contributed by atoms with Crippen LogP contribution in [0.2, 0.25) is 0 Å². The fourth-order valence-electron chi connectivity index (χ4n) is 4.30. The Morgan fingerprint density at radius 3 is 2.46 bits per heavy atom. The van der Waals surface area contributed by atoms with Crippen LogP contribution >= 0.6 is 0 Å². The van der Waals surface area contributed by atoms with E-state index >= 15 is 0 Å².